The Labute approximate surface area is 126 Å². The van der Waals surface area contributed by atoms with Crippen LogP contribution in [-0.4, -0.2) is 27.7 Å². The molecule has 0 radical (unpaired) electrons. The molecule has 0 bridgehead atoms. The molecule has 1 saturated carbocycles. The fraction of sp³-hybridized carbons (Fsp3) is 0.500. The second-order valence-electron chi connectivity index (χ2n) is 6.35. The molecule has 4 rings (SSSR count). The Hall–Kier alpha value is -2.00. The van der Waals surface area contributed by atoms with Crippen LogP contribution in [0.2, 0.25) is 0 Å². The van der Waals surface area contributed by atoms with Gasteiger partial charge in [-0.05, 0) is 31.0 Å². The Bertz CT molecular complexity index is 773. The van der Waals surface area contributed by atoms with Gasteiger partial charge in [-0.3, -0.25) is 0 Å². The van der Waals surface area contributed by atoms with E-state index >= 15 is 0 Å². The molecule has 2 heterocycles. The number of epoxide rings is 1. The van der Waals surface area contributed by atoms with Crippen LogP contribution in [0.5, 0.6) is 0 Å². The lowest BCUT2D eigenvalue weighted by Crippen LogP contribution is -2.41. The summed E-state index contributed by atoms with van der Waals surface area (Å²) in [7, 11) is 0. The number of alkyl halides is 2. The number of benzene rings is 1. The number of ether oxygens (including phenoxy) is 1. The summed E-state index contributed by atoms with van der Waals surface area (Å²) >= 11 is 0. The highest BCUT2D eigenvalue weighted by atomic mass is 19.3. The monoisotopic (exact) mass is 303 g/mol. The number of imidazole rings is 1. The number of halogens is 2. The average molecular weight is 303 g/mol. The van der Waals surface area contributed by atoms with Crippen LogP contribution in [-0.2, 0) is 11.3 Å². The van der Waals surface area contributed by atoms with Crippen LogP contribution in [0, 0.1) is 17.2 Å². The predicted molar refractivity (Wildman–Crippen MR) is 75.4 cm³/mol. The highest BCUT2D eigenvalue weighted by Gasteiger charge is 2.57. The number of nitriles is 1. The van der Waals surface area contributed by atoms with E-state index in [2.05, 4.69) is 11.1 Å². The number of hydrogen-bond acceptors (Lipinski definition) is 3. The third-order valence-corrected chi connectivity index (χ3v) is 4.85. The Morgan fingerprint density at radius 2 is 2.23 bits per heavy atom. The Kier molecular flexibility index (Phi) is 2.79. The molecular weight excluding hydrogens is 288 g/mol. The van der Waals surface area contributed by atoms with Crippen molar-refractivity contribution in [2.45, 2.75) is 37.3 Å². The number of nitrogens with zero attached hydrogens (tertiary/aromatic N) is 3. The van der Waals surface area contributed by atoms with E-state index in [1.807, 2.05) is 0 Å². The summed E-state index contributed by atoms with van der Waals surface area (Å²) < 4.78 is 35.6. The number of aromatic nitrogens is 2. The van der Waals surface area contributed by atoms with Crippen molar-refractivity contribution in [3.8, 4) is 6.07 Å². The minimum atomic E-state index is -2.68. The second-order valence-corrected chi connectivity index (χ2v) is 6.35. The first-order valence-corrected chi connectivity index (χ1v) is 7.38. The van der Waals surface area contributed by atoms with Gasteiger partial charge in [0.1, 0.15) is 0 Å². The van der Waals surface area contributed by atoms with Gasteiger partial charge in [0, 0.05) is 18.9 Å². The van der Waals surface area contributed by atoms with E-state index in [1.165, 1.54) is 0 Å². The molecule has 2 aromatic rings. The van der Waals surface area contributed by atoms with Gasteiger partial charge in [-0.1, -0.05) is 0 Å². The minimum absolute atomic E-state index is 0.117. The zero-order chi connectivity index (χ0) is 15.4. The zero-order valence-electron chi connectivity index (χ0n) is 11.9. The molecule has 22 heavy (non-hydrogen) atoms. The quantitative estimate of drug-likeness (QED) is 0.801. The summed E-state index contributed by atoms with van der Waals surface area (Å²) in [5.74, 6) is -3.44. The molecule has 1 aromatic carbocycles. The normalized spacial score (nSPS) is 29.6. The van der Waals surface area contributed by atoms with E-state index in [9.17, 15) is 8.78 Å². The molecule has 2 atom stereocenters. The van der Waals surface area contributed by atoms with Crippen LogP contribution >= 0.6 is 0 Å². The fourth-order valence-electron chi connectivity index (χ4n) is 3.37. The van der Waals surface area contributed by atoms with Crippen LogP contribution in [0.15, 0.2) is 24.5 Å². The molecule has 1 spiro atoms. The molecule has 1 aromatic heterocycles. The maximum atomic E-state index is 14.2. The van der Waals surface area contributed by atoms with Crippen LogP contribution < -0.4 is 0 Å². The minimum Gasteiger partial charge on any atom is -0.370 e. The van der Waals surface area contributed by atoms with Gasteiger partial charge in [-0.15, -0.1) is 0 Å². The zero-order valence-corrected chi connectivity index (χ0v) is 11.9. The van der Waals surface area contributed by atoms with Crippen molar-refractivity contribution in [3.05, 3.63) is 30.1 Å². The molecule has 6 heteroatoms. The van der Waals surface area contributed by atoms with Gasteiger partial charge in [-0.2, -0.15) is 5.26 Å². The summed E-state index contributed by atoms with van der Waals surface area (Å²) in [6, 6.07) is 7.20. The van der Waals surface area contributed by atoms with Gasteiger partial charge < -0.3 is 9.30 Å². The van der Waals surface area contributed by atoms with E-state index < -0.39 is 11.8 Å². The summed E-state index contributed by atoms with van der Waals surface area (Å²) in [5.41, 5.74) is 1.65. The van der Waals surface area contributed by atoms with Crippen LogP contribution in [0.4, 0.5) is 8.78 Å². The molecule has 4 nitrogen and oxygen atoms in total. The lowest BCUT2D eigenvalue weighted by Gasteiger charge is -2.34. The van der Waals surface area contributed by atoms with E-state index in [4.69, 9.17) is 10.00 Å². The molecular formula is C16H15F2N3O. The van der Waals surface area contributed by atoms with Gasteiger partial charge in [-0.25, -0.2) is 13.8 Å². The maximum Gasteiger partial charge on any atom is 0.252 e. The van der Waals surface area contributed by atoms with Gasteiger partial charge in [0.15, 0.2) is 0 Å². The van der Waals surface area contributed by atoms with Gasteiger partial charge in [0.05, 0.1) is 41.2 Å². The first kappa shape index (κ1) is 13.6. The van der Waals surface area contributed by atoms with Gasteiger partial charge in [0.25, 0.3) is 5.92 Å². The van der Waals surface area contributed by atoms with Crippen molar-refractivity contribution in [1.29, 1.82) is 5.26 Å². The molecule has 1 aliphatic heterocycles. The number of rotatable bonds is 2. The van der Waals surface area contributed by atoms with Gasteiger partial charge >= 0.3 is 0 Å². The molecule has 0 amide bonds. The van der Waals surface area contributed by atoms with E-state index in [1.54, 1.807) is 29.1 Å². The van der Waals surface area contributed by atoms with Crippen molar-refractivity contribution >= 4 is 11.0 Å². The van der Waals surface area contributed by atoms with Crippen molar-refractivity contribution < 1.29 is 13.5 Å². The largest absolute Gasteiger partial charge is 0.370 e. The average Bonchev–Trinajstić information content (AvgIpc) is 3.16. The molecule has 1 unspecified atom stereocenters. The predicted octanol–water partition coefficient (Wildman–Crippen LogP) is 3.11. The SMILES string of the molecule is N#Cc1ccc2ncn(CC3C[C@@]4(CCC3(F)F)CO4)c2c1. The lowest BCUT2D eigenvalue weighted by atomic mass is 9.78. The molecule has 2 aliphatic rings. The molecule has 1 aliphatic carbocycles. The fourth-order valence-corrected chi connectivity index (χ4v) is 3.37. The van der Waals surface area contributed by atoms with Crippen LogP contribution in [0.25, 0.3) is 11.0 Å². The second kappa shape index (κ2) is 4.50. The molecule has 0 N–H and O–H groups in total. The van der Waals surface area contributed by atoms with Gasteiger partial charge in [0.2, 0.25) is 0 Å². The van der Waals surface area contributed by atoms with E-state index in [0.717, 1.165) is 11.0 Å². The number of fused-ring (bicyclic) bond motifs is 1. The van der Waals surface area contributed by atoms with E-state index in [0.29, 0.717) is 25.0 Å². The molecule has 114 valence electrons. The highest BCUT2D eigenvalue weighted by Crippen LogP contribution is 2.50. The van der Waals surface area contributed by atoms with Crippen molar-refractivity contribution in [2.75, 3.05) is 6.61 Å². The first-order valence-electron chi connectivity index (χ1n) is 7.38. The third kappa shape index (κ3) is 2.17. The Balaban J connectivity index is 1.66. The van der Waals surface area contributed by atoms with E-state index in [-0.39, 0.29) is 18.6 Å². The summed E-state index contributed by atoms with van der Waals surface area (Å²) in [6.07, 6.45) is 2.29. The number of hydrogen-bond donors (Lipinski definition) is 0. The highest BCUT2D eigenvalue weighted by molar-refractivity contribution is 5.76. The van der Waals surface area contributed by atoms with Crippen molar-refractivity contribution in [2.24, 2.45) is 5.92 Å². The Morgan fingerprint density at radius 3 is 2.95 bits per heavy atom. The lowest BCUT2D eigenvalue weighted by molar-refractivity contribution is -0.107. The van der Waals surface area contributed by atoms with Crippen LogP contribution in [0.1, 0.15) is 24.8 Å². The van der Waals surface area contributed by atoms with Crippen LogP contribution in [0.3, 0.4) is 0 Å². The summed E-state index contributed by atoms with van der Waals surface area (Å²) in [5, 5.41) is 8.99. The standard InChI is InChI=1S/C16H15F2N3O/c17-16(18)4-3-15(9-22-15)6-12(16)8-21-10-20-13-2-1-11(7-19)5-14(13)21/h1-2,5,10,12H,3-4,6,8-9H2/t12?,15-/m0/s1. The topological polar surface area (TPSA) is 54.1 Å². The Morgan fingerprint density at radius 1 is 1.41 bits per heavy atom. The summed E-state index contributed by atoms with van der Waals surface area (Å²) in [6.45, 7) is 0.798. The maximum absolute atomic E-state index is 14.2. The third-order valence-electron chi connectivity index (χ3n) is 4.85. The molecule has 2 fully saturated rings. The van der Waals surface area contributed by atoms with Crippen molar-refractivity contribution in [1.82, 2.24) is 9.55 Å². The smallest absolute Gasteiger partial charge is 0.252 e. The molecule has 1 saturated heterocycles. The van der Waals surface area contributed by atoms with Crippen molar-refractivity contribution in [3.63, 3.8) is 0 Å². The first-order chi connectivity index (χ1) is 10.5. The summed E-state index contributed by atoms with van der Waals surface area (Å²) in [4.78, 5) is 4.24.